The highest BCUT2D eigenvalue weighted by Crippen LogP contribution is 2.50. The molecule has 0 aromatic rings. The molecule has 0 aliphatic carbocycles. The summed E-state index contributed by atoms with van der Waals surface area (Å²) in [5.41, 5.74) is -2.51. The molecule has 0 fully saturated rings. The van der Waals surface area contributed by atoms with Gasteiger partial charge in [0.15, 0.2) is 0 Å². The van der Waals surface area contributed by atoms with Crippen LogP contribution in [0.5, 0.6) is 0 Å². The first-order chi connectivity index (χ1) is 6.91. The number of alkyl halides is 5. The van der Waals surface area contributed by atoms with Gasteiger partial charge in [-0.2, -0.15) is 13.2 Å². The number of hydrogen-bond acceptors (Lipinski definition) is 1. The van der Waals surface area contributed by atoms with Crippen molar-refractivity contribution in [3.8, 4) is 0 Å². The number of hydrogen-bond donors (Lipinski definition) is 0. The van der Waals surface area contributed by atoms with Crippen LogP contribution in [-0.4, -0.2) is 17.3 Å². The van der Waals surface area contributed by atoms with Gasteiger partial charge in [-0.1, -0.05) is 6.92 Å². The second-order valence-electron chi connectivity index (χ2n) is 3.85. The highest BCUT2D eigenvalue weighted by atomic mass is 35.5. The van der Waals surface area contributed by atoms with Gasteiger partial charge in [0.05, 0.1) is 0 Å². The van der Waals surface area contributed by atoms with Gasteiger partial charge in [-0.25, -0.2) is 8.78 Å². The van der Waals surface area contributed by atoms with E-state index in [1.807, 2.05) is 0 Å². The molecule has 7 heteroatoms. The molecule has 0 saturated heterocycles. The lowest BCUT2D eigenvalue weighted by Gasteiger charge is -2.37. The first kappa shape index (κ1) is 15.6. The summed E-state index contributed by atoms with van der Waals surface area (Å²) in [6.07, 6.45) is -5.55. The minimum atomic E-state index is -5.08. The van der Waals surface area contributed by atoms with Crippen molar-refractivity contribution < 1.29 is 26.7 Å². The first-order valence-electron chi connectivity index (χ1n) is 4.55. The smallest absolute Gasteiger partial charge is 0.280 e. The fourth-order valence-corrected chi connectivity index (χ4v) is 1.45. The zero-order valence-electron chi connectivity index (χ0n) is 8.96. The Kier molecular flexibility index (Phi) is 4.36. The van der Waals surface area contributed by atoms with Crippen LogP contribution in [0.1, 0.15) is 27.2 Å². The predicted octanol–water partition coefficient (Wildman–Crippen LogP) is 4.00. The first-order valence-corrected chi connectivity index (χ1v) is 4.93. The maximum absolute atomic E-state index is 13.6. The van der Waals surface area contributed by atoms with Crippen LogP contribution in [0.2, 0.25) is 0 Å². The van der Waals surface area contributed by atoms with Crippen LogP contribution in [0, 0.1) is 11.3 Å². The highest BCUT2D eigenvalue weighted by molar-refractivity contribution is 6.64. The summed E-state index contributed by atoms with van der Waals surface area (Å²) in [6.45, 7) is 2.27. The van der Waals surface area contributed by atoms with Crippen LogP contribution >= 0.6 is 11.6 Å². The lowest BCUT2D eigenvalue weighted by molar-refractivity contribution is -0.261. The van der Waals surface area contributed by atoms with Crippen molar-refractivity contribution in [1.82, 2.24) is 0 Å². The molecule has 2 atom stereocenters. The lowest BCUT2D eigenvalue weighted by atomic mass is 9.76. The quantitative estimate of drug-likeness (QED) is 0.555. The third kappa shape index (κ3) is 2.47. The minimum Gasteiger partial charge on any atom is -0.280 e. The molecule has 0 saturated carbocycles. The van der Waals surface area contributed by atoms with Gasteiger partial charge < -0.3 is 0 Å². The van der Waals surface area contributed by atoms with Crippen LogP contribution in [0.15, 0.2) is 0 Å². The molecule has 16 heavy (non-hydrogen) atoms. The van der Waals surface area contributed by atoms with Gasteiger partial charge in [0.2, 0.25) is 5.24 Å². The van der Waals surface area contributed by atoms with Crippen molar-refractivity contribution in [2.75, 3.05) is 0 Å². The van der Waals surface area contributed by atoms with Gasteiger partial charge in [0, 0.05) is 0 Å². The van der Waals surface area contributed by atoms with Gasteiger partial charge in [-0.3, -0.25) is 4.79 Å². The van der Waals surface area contributed by atoms with E-state index in [1.54, 1.807) is 0 Å². The molecule has 1 nitrogen and oxygen atoms in total. The predicted molar refractivity (Wildman–Crippen MR) is 49.4 cm³/mol. The monoisotopic (exact) mass is 266 g/mol. The Morgan fingerprint density at radius 2 is 1.62 bits per heavy atom. The van der Waals surface area contributed by atoms with E-state index in [-0.39, 0.29) is 0 Å². The van der Waals surface area contributed by atoms with Crippen molar-refractivity contribution in [2.45, 2.75) is 39.3 Å². The third-order valence-electron chi connectivity index (χ3n) is 2.91. The molecule has 0 N–H and O–H groups in total. The van der Waals surface area contributed by atoms with E-state index in [1.165, 1.54) is 6.92 Å². The molecule has 0 heterocycles. The van der Waals surface area contributed by atoms with Crippen molar-refractivity contribution in [3.05, 3.63) is 0 Å². The van der Waals surface area contributed by atoms with Crippen LogP contribution in [0.4, 0.5) is 22.0 Å². The van der Waals surface area contributed by atoms with E-state index in [2.05, 4.69) is 0 Å². The van der Waals surface area contributed by atoms with Crippen molar-refractivity contribution >= 4 is 16.8 Å². The molecule has 2 unspecified atom stereocenters. The second-order valence-corrected chi connectivity index (χ2v) is 4.19. The molecule has 0 radical (unpaired) electrons. The molecule has 0 aromatic carbocycles. The van der Waals surface area contributed by atoms with E-state index >= 15 is 0 Å². The van der Waals surface area contributed by atoms with Gasteiger partial charge in [0.25, 0.3) is 5.92 Å². The molecule has 96 valence electrons. The van der Waals surface area contributed by atoms with E-state index in [0.29, 0.717) is 6.92 Å². The standard InChI is InChI=1S/C9H12ClF5O/c1-4-7(3,6(10)16)8(11,12)5(2)9(13,14)15/h5H,4H2,1-3H3. The third-order valence-corrected chi connectivity index (χ3v) is 3.33. The molecule has 0 rings (SSSR count). The molecule has 0 aliphatic heterocycles. The Bertz CT molecular complexity index is 276. The average molecular weight is 267 g/mol. The van der Waals surface area contributed by atoms with Crippen molar-refractivity contribution in [1.29, 1.82) is 0 Å². The number of rotatable bonds is 4. The number of halogens is 6. The van der Waals surface area contributed by atoms with E-state index in [9.17, 15) is 26.7 Å². The summed E-state index contributed by atoms with van der Waals surface area (Å²) in [5, 5.41) is -1.46. The molecular weight excluding hydrogens is 255 g/mol. The molecule has 0 aliphatic rings. The van der Waals surface area contributed by atoms with Crippen LogP contribution in [-0.2, 0) is 4.79 Å². The van der Waals surface area contributed by atoms with Gasteiger partial charge in [-0.05, 0) is 31.9 Å². The topological polar surface area (TPSA) is 17.1 Å². The fraction of sp³-hybridized carbons (Fsp3) is 0.889. The van der Waals surface area contributed by atoms with Crippen LogP contribution < -0.4 is 0 Å². The number of carbonyl (C=O) groups is 1. The Morgan fingerprint density at radius 1 is 1.25 bits per heavy atom. The maximum Gasteiger partial charge on any atom is 0.397 e. The van der Waals surface area contributed by atoms with Crippen LogP contribution in [0.3, 0.4) is 0 Å². The Balaban J connectivity index is 5.40. The summed E-state index contributed by atoms with van der Waals surface area (Å²) in [4.78, 5) is 10.9. The largest absolute Gasteiger partial charge is 0.397 e. The highest BCUT2D eigenvalue weighted by Gasteiger charge is 2.63. The van der Waals surface area contributed by atoms with E-state index in [4.69, 9.17) is 11.6 Å². The second kappa shape index (κ2) is 4.47. The Hall–Kier alpha value is -0.390. The summed E-state index contributed by atoms with van der Waals surface area (Å²) < 4.78 is 63.9. The summed E-state index contributed by atoms with van der Waals surface area (Å²) >= 11 is 4.98. The van der Waals surface area contributed by atoms with Crippen molar-refractivity contribution in [3.63, 3.8) is 0 Å². The normalized spacial score (nSPS) is 19.1. The van der Waals surface area contributed by atoms with Gasteiger partial charge in [-0.15, -0.1) is 0 Å². The molecule has 0 bridgehead atoms. The van der Waals surface area contributed by atoms with Gasteiger partial charge in [0.1, 0.15) is 11.3 Å². The Labute approximate surface area is 95.0 Å². The zero-order chi connectivity index (χ0) is 13.4. The molecule has 0 amide bonds. The lowest BCUT2D eigenvalue weighted by Crippen LogP contribution is -2.51. The fourth-order valence-electron chi connectivity index (χ4n) is 1.19. The minimum absolute atomic E-state index is 0.341. The molecular formula is C9H12ClF5O. The number of carbonyl (C=O) groups excluding carboxylic acids is 1. The van der Waals surface area contributed by atoms with Gasteiger partial charge >= 0.3 is 6.18 Å². The SMILES string of the molecule is CCC(C)(C(=O)Cl)C(F)(F)C(C)C(F)(F)F. The maximum atomic E-state index is 13.6. The summed E-state index contributed by atoms with van der Waals surface area (Å²) in [5.74, 6) is -7.16. The summed E-state index contributed by atoms with van der Waals surface area (Å²) in [6, 6.07) is 0. The average Bonchev–Trinajstić information content (AvgIpc) is 2.13. The molecule has 0 aromatic heterocycles. The van der Waals surface area contributed by atoms with Crippen LogP contribution in [0.25, 0.3) is 0 Å². The zero-order valence-corrected chi connectivity index (χ0v) is 9.72. The molecule has 0 spiro atoms. The van der Waals surface area contributed by atoms with E-state index in [0.717, 1.165) is 6.92 Å². The van der Waals surface area contributed by atoms with Crippen molar-refractivity contribution in [2.24, 2.45) is 11.3 Å². The Morgan fingerprint density at radius 3 is 1.81 bits per heavy atom. The van der Waals surface area contributed by atoms with E-state index < -0.39 is 35.1 Å². The summed E-state index contributed by atoms with van der Waals surface area (Å²) in [7, 11) is 0.